The van der Waals surface area contributed by atoms with Gasteiger partial charge in [0.1, 0.15) is 6.29 Å². The Labute approximate surface area is 215 Å². The third-order valence-electron chi connectivity index (χ3n) is 6.53. The molecule has 1 fully saturated rings. The number of carbonyl (C=O) groups is 3. The minimum atomic E-state index is -0.315. The van der Waals surface area contributed by atoms with E-state index in [0.717, 1.165) is 31.5 Å². The molecule has 0 bridgehead atoms. The third-order valence-corrected chi connectivity index (χ3v) is 6.53. The summed E-state index contributed by atoms with van der Waals surface area (Å²) in [4.78, 5) is 44.4. The van der Waals surface area contributed by atoms with Gasteiger partial charge in [0.05, 0.1) is 17.9 Å². The molecule has 0 aliphatic carbocycles. The first kappa shape index (κ1) is 24.4. The van der Waals surface area contributed by atoms with E-state index >= 15 is 0 Å². The molecule has 0 saturated carbocycles. The molecule has 0 aromatic heterocycles. The number of hydrogen-bond acceptors (Lipinski definition) is 6. The molecule has 3 aromatic carbocycles. The van der Waals surface area contributed by atoms with Gasteiger partial charge in [-0.15, -0.1) is 0 Å². The Kier molecular flexibility index (Phi) is 7.39. The lowest BCUT2D eigenvalue weighted by Gasteiger charge is -2.15. The zero-order chi connectivity index (χ0) is 25.6. The first-order chi connectivity index (χ1) is 18.1. The average Bonchev–Trinajstić information content (AvgIpc) is 3.57. The Morgan fingerprint density at radius 1 is 0.973 bits per heavy atom. The van der Waals surface area contributed by atoms with Gasteiger partial charge >= 0.3 is 0 Å². The molecule has 0 radical (unpaired) electrons. The van der Waals surface area contributed by atoms with E-state index in [4.69, 9.17) is 4.84 Å². The molecule has 37 heavy (non-hydrogen) atoms. The topological polar surface area (TPSA) is 99.8 Å². The summed E-state index contributed by atoms with van der Waals surface area (Å²) < 4.78 is 0. The second-order valence-electron chi connectivity index (χ2n) is 9.02. The number of anilines is 2. The van der Waals surface area contributed by atoms with Crippen molar-refractivity contribution in [2.24, 2.45) is 0 Å². The van der Waals surface area contributed by atoms with Crippen LogP contribution in [-0.4, -0.2) is 49.2 Å². The summed E-state index contributed by atoms with van der Waals surface area (Å²) in [6, 6.07) is 21.6. The second-order valence-corrected chi connectivity index (χ2v) is 9.02. The van der Waals surface area contributed by atoms with Crippen LogP contribution in [0.2, 0.25) is 0 Å². The quantitative estimate of drug-likeness (QED) is 0.178. The van der Waals surface area contributed by atoms with Gasteiger partial charge in [0.25, 0.3) is 11.8 Å². The molecule has 0 unspecified atom stereocenters. The van der Waals surface area contributed by atoms with E-state index in [9.17, 15) is 14.4 Å². The van der Waals surface area contributed by atoms with Crippen molar-refractivity contribution in [2.75, 3.05) is 36.9 Å². The third kappa shape index (κ3) is 5.61. The average molecular weight is 497 g/mol. The summed E-state index contributed by atoms with van der Waals surface area (Å²) in [5.74, 6) is -0.573. The van der Waals surface area contributed by atoms with Crippen molar-refractivity contribution in [1.82, 2.24) is 10.4 Å². The van der Waals surface area contributed by atoms with Gasteiger partial charge in [0.15, 0.2) is 0 Å². The summed E-state index contributed by atoms with van der Waals surface area (Å²) >= 11 is 0. The van der Waals surface area contributed by atoms with Crippen molar-refractivity contribution in [3.8, 4) is 0 Å². The molecule has 188 valence electrons. The highest BCUT2D eigenvalue weighted by Gasteiger charge is 2.28. The fourth-order valence-corrected chi connectivity index (χ4v) is 4.60. The van der Waals surface area contributed by atoms with Crippen LogP contribution in [0.25, 0.3) is 11.3 Å². The molecular formula is C29H28N4O4. The summed E-state index contributed by atoms with van der Waals surface area (Å²) in [6.45, 7) is 3.41. The molecule has 2 aliphatic rings. The van der Waals surface area contributed by atoms with E-state index in [-0.39, 0.29) is 11.8 Å². The van der Waals surface area contributed by atoms with Crippen LogP contribution >= 0.6 is 0 Å². The number of aldehydes is 1. The van der Waals surface area contributed by atoms with E-state index in [1.165, 1.54) is 12.8 Å². The van der Waals surface area contributed by atoms with Gasteiger partial charge in [-0.25, -0.2) is 5.48 Å². The fourth-order valence-electron chi connectivity index (χ4n) is 4.60. The number of nitrogens with one attached hydrogen (secondary N) is 3. The van der Waals surface area contributed by atoms with Crippen LogP contribution in [-0.2, 0) is 9.63 Å². The number of hydrogen-bond donors (Lipinski definition) is 3. The monoisotopic (exact) mass is 496 g/mol. The lowest BCUT2D eigenvalue weighted by Crippen LogP contribution is -2.30. The first-order valence-electron chi connectivity index (χ1n) is 12.3. The van der Waals surface area contributed by atoms with Gasteiger partial charge in [-0.2, -0.15) is 0 Å². The van der Waals surface area contributed by atoms with E-state index in [2.05, 4.69) is 21.0 Å². The number of benzene rings is 3. The van der Waals surface area contributed by atoms with Crippen LogP contribution in [0.5, 0.6) is 0 Å². The SMILES string of the molecule is O=Cc1ccc2c(c1)NC(=O)/C2=C(\Nc1ccc(C(=O)NOCCN2CCCC2)cc1)c1ccccc1. The van der Waals surface area contributed by atoms with Gasteiger partial charge < -0.3 is 15.5 Å². The van der Waals surface area contributed by atoms with Gasteiger partial charge in [-0.05, 0) is 61.8 Å². The van der Waals surface area contributed by atoms with E-state index in [0.29, 0.717) is 45.9 Å². The van der Waals surface area contributed by atoms with Gasteiger partial charge in [0.2, 0.25) is 0 Å². The molecule has 8 nitrogen and oxygen atoms in total. The Morgan fingerprint density at radius 3 is 2.46 bits per heavy atom. The number of nitrogens with zero attached hydrogens (tertiary/aromatic N) is 1. The predicted octanol–water partition coefficient (Wildman–Crippen LogP) is 4.19. The lowest BCUT2D eigenvalue weighted by atomic mass is 9.99. The molecular weight excluding hydrogens is 468 g/mol. The molecule has 0 atom stereocenters. The Hall–Kier alpha value is -4.27. The van der Waals surface area contributed by atoms with Crippen LogP contribution in [0.4, 0.5) is 11.4 Å². The van der Waals surface area contributed by atoms with Gasteiger partial charge in [-0.3, -0.25) is 19.2 Å². The minimum Gasteiger partial charge on any atom is -0.354 e. The van der Waals surface area contributed by atoms with Crippen LogP contribution in [0, 0.1) is 0 Å². The zero-order valence-corrected chi connectivity index (χ0v) is 20.3. The highest BCUT2D eigenvalue weighted by molar-refractivity contribution is 6.37. The standard InChI is InChI=1S/C29H28N4O4/c34-19-20-8-13-24-25(18-20)31-29(36)26(24)27(21-6-2-1-3-7-21)30-23-11-9-22(10-12-23)28(35)32-37-17-16-33-14-4-5-15-33/h1-3,6-13,18-19,30H,4-5,14-17H2,(H,31,36)(H,32,35)/b27-26-. The van der Waals surface area contributed by atoms with E-state index < -0.39 is 0 Å². The van der Waals surface area contributed by atoms with Crippen molar-refractivity contribution in [3.63, 3.8) is 0 Å². The number of carbonyl (C=O) groups excluding carboxylic acids is 3. The van der Waals surface area contributed by atoms with Crippen molar-refractivity contribution in [2.45, 2.75) is 12.8 Å². The maximum Gasteiger partial charge on any atom is 0.274 e. The molecule has 0 spiro atoms. The number of likely N-dealkylation sites (tertiary alicyclic amines) is 1. The lowest BCUT2D eigenvalue weighted by molar-refractivity contribution is -0.110. The second kappa shape index (κ2) is 11.2. The highest BCUT2D eigenvalue weighted by atomic mass is 16.6. The summed E-state index contributed by atoms with van der Waals surface area (Å²) in [6.07, 6.45) is 3.18. The number of hydroxylamine groups is 1. The minimum absolute atomic E-state index is 0.258. The maximum absolute atomic E-state index is 13.0. The van der Waals surface area contributed by atoms with Gasteiger partial charge in [0, 0.05) is 34.6 Å². The van der Waals surface area contributed by atoms with Crippen molar-refractivity contribution < 1.29 is 19.2 Å². The molecule has 2 heterocycles. The number of fused-ring (bicyclic) bond motifs is 1. The normalized spacial score (nSPS) is 16.2. The van der Waals surface area contributed by atoms with Crippen molar-refractivity contribution in [1.29, 1.82) is 0 Å². The van der Waals surface area contributed by atoms with E-state index in [1.54, 1.807) is 42.5 Å². The fraction of sp³-hybridized carbons (Fsp3) is 0.207. The Morgan fingerprint density at radius 2 is 1.73 bits per heavy atom. The molecule has 8 heteroatoms. The van der Waals surface area contributed by atoms with Crippen molar-refractivity contribution >= 4 is 40.7 Å². The summed E-state index contributed by atoms with van der Waals surface area (Å²) in [5, 5.41) is 6.23. The zero-order valence-electron chi connectivity index (χ0n) is 20.3. The van der Waals surface area contributed by atoms with Crippen LogP contribution in [0.3, 0.4) is 0 Å². The Balaban J connectivity index is 1.33. The molecule has 1 saturated heterocycles. The van der Waals surface area contributed by atoms with Crippen LogP contribution < -0.4 is 16.1 Å². The maximum atomic E-state index is 13.0. The first-order valence-corrected chi connectivity index (χ1v) is 12.3. The smallest absolute Gasteiger partial charge is 0.274 e. The molecule has 2 amide bonds. The summed E-state index contributed by atoms with van der Waals surface area (Å²) in [5.41, 5.74) is 7.41. The van der Waals surface area contributed by atoms with E-state index in [1.807, 2.05) is 30.3 Å². The summed E-state index contributed by atoms with van der Waals surface area (Å²) in [7, 11) is 0. The number of rotatable bonds is 9. The molecule has 3 aromatic rings. The van der Waals surface area contributed by atoms with Crippen molar-refractivity contribution in [3.05, 3.63) is 95.1 Å². The van der Waals surface area contributed by atoms with Crippen LogP contribution in [0.1, 0.15) is 44.7 Å². The predicted molar refractivity (Wildman–Crippen MR) is 143 cm³/mol. The molecule has 2 aliphatic heterocycles. The number of amides is 2. The largest absolute Gasteiger partial charge is 0.354 e. The van der Waals surface area contributed by atoms with Crippen LogP contribution in [0.15, 0.2) is 72.8 Å². The highest BCUT2D eigenvalue weighted by Crippen LogP contribution is 2.37. The molecule has 5 rings (SSSR count). The van der Waals surface area contributed by atoms with Gasteiger partial charge in [-0.1, -0.05) is 42.5 Å². The Bertz CT molecular complexity index is 1330. The molecule has 3 N–H and O–H groups in total.